The predicted octanol–water partition coefficient (Wildman–Crippen LogP) is 6.45. The Morgan fingerprint density at radius 1 is 0.507 bits per heavy atom. The molecule has 0 saturated heterocycles. The summed E-state index contributed by atoms with van der Waals surface area (Å²) in [4.78, 5) is 52.1. The van der Waals surface area contributed by atoms with Crippen LogP contribution in [0.25, 0.3) is 0 Å². The van der Waals surface area contributed by atoms with Crippen LogP contribution in [0.15, 0.2) is 0 Å². The van der Waals surface area contributed by atoms with E-state index in [9.17, 15) is 46.2 Å². The molecule has 0 aliphatic heterocycles. The minimum Gasteiger partial charge on any atom is -0.393 e. The van der Waals surface area contributed by atoms with Gasteiger partial charge in [0.2, 0.25) is 23.6 Å². The van der Waals surface area contributed by atoms with Crippen molar-refractivity contribution in [2.24, 2.45) is 92.7 Å². The van der Waals surface area contributed by atoms with Gasteiger partial charge in [-0.25, -0.2) is 0 Å². The third-order valence-corrected chi connectivity index (χ3v) is 24.4. The van der Waals surface area contributed by atoms with Gasteiger partial charge in [-0.05, 0) is 208 Å². The van der Waals surface area contributed by atoms with E-state index in [2.05, 4.69) is 62.8 Å². The van der Waals surface area contributed by atoms with Gasteiger partial charge < -0.3 is 31.5 Å². The zero-order chi connectivity index (χ0) is 53.1. The highest BCUT2D eigenvalue weighted by atomic mass is 32.2. The number of fused-ring (bicyclic) bond motifs is 10. The maximum absolute atomic E-state index is 13.6. The van der Waals surface area contributed by atoms with Crippen LogP contribution in [0.1, 0.15) is 176 Å². The first-order chi connectivity index (χ1) is 34.1. The smallest absolute Gasteiger partial charge is 0.266 e. The topological polar surface area (TPSA) is 266 Å². The molecule has 416 valence electrons. The van der Waals surface area contributed by atoms with Crippen molar-refractivity contribution in [2.75, 3.05) is 24.6 Å². The molecule has 0 bridgehead atoms. The molecule has 0 heterocycles. The molecule has 73 heavy (non-hydrogen) atoms. The van der Waals surface area contributed by atoms with Crippen LogP contribution in [-0.4, -0.2) is 109 Å². The average molecular weight is 1070 g/mol. The molecule has 8 aliphatic rings. The molecule has 8 N–H and O–H groups in total. The zero-order valence-electron chi connectivity index (χ0n) is 44.8. The maximum Gasteiger partial charge on any atom is 0.266 e. The van der Waals surface area contributed by atoms with Gasteiger partial charge in [0.25, 0.3) is 20.2 Å². The molecular formula is C55H92N4O12S2. The van der Waals surface area contributed by atoms with Gasteiger partial charge in [-0.3, -0.25) is 28.3 Å². The molecular weight excluding hydrogens is 973 g/mol. The summed E-state index contributed by atoms with van der Waals surface area (Å²) in [6.45, 7) is 13.9. The Hall–Kier alpha value is -2.38. The highest BCUT2D eigenvalue weighted by Gasteiger charge is 2.65. The van der Waals surface area contributed by atoms with Gasteiger partial charge in [0.15, 0.2) is 0 Å². The molecule has 0 aromatic carbocycles. The van der Waals surface area contributed by atoms with E-state index in [0.717, 1.165) is 89.9 Å². The van der Waals surface area contributed by atoms with Crippen molar-refractivity contribution >= 4 is 43.9 Å². The summed E-state index contributed by atoms with van der Waals surface area (Å²) in [5.41, 5.74) is 0.266. The van der Waals surface area contributed by atoms with E-state index in [-0.39, 0.29) is 101 Å². The monoisotopic (exact) mass is 1060 g/mol. The van der Waals surface area contributed by atoms with E-state index < -0.39 is 43.9 Å². The van der Waals surface area contributed by atoms with Crippen LogP contribution in [-0.2, 0) is 39.4 Å². The summed E-state index contributed by atoms with van der Waals surface area (Å²) in [5.74, 6) is 2.16. The molecule has 4 amide bonds. The van der Waals surface area contributed by atoms with Crippen molar-refractivity contribution in [2.45, 2.75) is 201 Å². The minimum absolute atomic E-state index is 0.0417. The van der Waals surface area contributed by atoms with Crippen molar-refractivity contribution in [1.82, 2.24) is 21.3 Å². The van der Waals surface area contributed by atoms with Gasteiger partial charge in [-0.15, -0.1) is 0 Å². The second-order valence-corrected chi connectivity index (χ2v) is 29.8. The molecule has 16 nitrogen and oxygen atoms in total. The standard InChI is InChI=1S/C55H92N4O12S2/c1-32(7-13-46(62)56-23-25-72(66,67)68)38-9-11-40-50-42(17-21-54(38,40)5)52(3)19-15-36(27-34(52)29-44(50)60)58-48(64)31-49(65)59-37-16-20-53(4)35(28-37)30-45(61)51-41-12-10-39(55(41,6)22-18-43(51)53)33(2)8-14-47(63)57-24-26-73(69,70)71/h32-45,50-51,60-61H,7-31H2,1-6H3,(H,56,62)(H,57,63)(H,58,64)(H,59,65)(H,66,67,68)(H,69,70,71)/t32-,33-,34?,35?,36?,37?,38-,39-,40-,41-,42-,43-,44+,45+,50?,51?,52+,53+,54-,55-/m1/s1. The summed E-state index contributed by atoms with van der Waals surface area (Å²) >= 11 is 0. The maximum atomic E-state index is 13.6. The fourth-order valence-corrected chi connectivity index (χ4v) is 20.0. The Kier molecular flexibility index (Phi) is 17.0. The van der Waals surface area contributed by atoms with Gasteiger partial charge in [-0.1, -0.05) is 41.5 Å². The first-order valence-electron chi connectivity index (χ1n) is 28.5. The third-order valence-electron chi connectivity index (χ3n) is 23.0. The number of hydrogen-bond donors (Lipinski definition) is 8. The van der Waals surface area contributed by atoms with Crippen LogP contribution >= 0.6 is 0 Å². The van der Waals surface area contributed by atoms with Crippen molar-refractivity contribution < 1.29 is 55.3 Å². The van der Waals surface area contributed by atoms with Crippen LogP contribution in [0.2, 0.25) is 0 Å². The molecule has 0 radical (unpaired) electrons. The molecule has 0 spiro atoms. The Bertz CT molecular complexity index is 2110. The molecule has 8 saturated carbocycles. The second-order valence-electron chi connectivity index (χ2n) is 26.6. The fraction of sp³-hybridized carbons (Fsp3) is 0.927. The van der Waals surface area contributed by atoms with E-state index >= 15 is 0 Å². The van der Waals surface area contributed by atoms with E-state index in [1.54, 1.807) is 0 Å². The van der Waals surface area contributed by atoms with Crippen LogP contribution in [0.5, 0.6) is 0 Å². The van der Waals surface area contributed by atoms with Crippen molar-refractivity contribution in [3.63, 3.8) is 0 Å². The highest BCUT2D eigenvalue weighted by molar-refractivity contribution is 7.86. The van der Waals surface area contributed by atoms with Crippen LogP contribution in [0, 0.1) is 92.7 Å². The molecule has 8 rings (SSSR count). The number of nitrogens with one attached hydrogen (secondary N) is 4. The lowest BCUT2D eigenvalue weighted by atomic mass is 9.43. The normalized spacial score (nSPS) is 42.8. The van der Waals surface area contributed by atoms with E-state index in [0.29, 0.717) is 85.9 Å². The first-order valence-corrected chi connectivity index (χ1v) is 31.8. The van der Waals surface area contributed by atoms with Gasteiger partial charge in [0.1, 0.15) is 6.42 Å². The SMILES string of the molecule is C[C@H](CCC(=O)NCCS(=O)(=O)O)[C@H]1CC[C@@H]2C3[C@@H](CC[C@@]21C)[C@@]1(C)CCC(NC(=O)CC(=O)NC2CC[C@@]4(C)C(C2)C[C@H](O)C2[C@H]5CC[C@H]([C@H](C)CCC(=O)NCCS(=O)(=O)O)[C@@]5(C)CC[C@H]24)CC1C[C@@H]3O. The summed E-state index contributed by atoms with van der Waals surface area (Å²) in [6, 6.07) is -0.0834. The molecule has 18 heteroatoms. The molecule has 8 aliphatic carbocycles. The summed E-state index contributed by atoms with van der Waals surface area (Å²) in [6.07, 6.45) is 16.2. The van der Waals surface area contributed by atoms with Gasteiger partial charge in [-0.2, -0.15) is 16.8 Å². The third kappa shape index (κ3) is 11.9. The molecule has 0 aromatic heterocycles. The largest absolute Gasteiger partial charge is 0.393 e. The predicted molar refractivity (Wildman–Crippen MR) is 277 cm³/mol. The molecule has 6 unspecified atom stereocenters. The first kappa shape index (κ1) is 56.8. The number of rotatable bonds is 18. The van der Waals surface area contributed by atoms with Crippen molar-refractivity contribution in [3.8, 4) is 0 Å². The Morgan fingerprint density at radius 2 is 0.863 bits per heavy atom. The zero-order valence-corrected chi connectivity index (χ0v) is 46.4. The van der Waals surface area contributed by atoms with Gasteiger partial charge in [0.05, 0.1) is 23.7 Å². The molecule has 0 aromatic rings. The van der Waals surface area contributed by atoms with E-state index in [4.69, 9.17) is 9.11 Å². The van der Waals surface area contributed by atoms with Gasteiger partial charge >= 0.3 is 0 Å². The Balaban J connectivity index is 0.780. The van der Waals surface area contributed by atoms with Crippen molar-refractivity contribution in [3.05, 3.63) is 0 Å². The summed E-state index contributed by atoms with van der Waals surface area (Å²) in [7, 11) is -8.26. The van der Waals surface area contributed by atoms with Crippen molar-refractivity contribution in [1.29, 1.82) is 0 Å². The van der Waals surface area contributed by atoms with Crippen LogP contribution in [0.3, 0.4) is 0 Å². The van der Waals surface area contributed by atoms with E-state index in [1.165, 1.54) is 0 Å². The molecule has 20 atom stereocenters. The summed E-state index contributed by atoms with van der Waals surface area (Å²) < 4.78 is 62.2. The number of aliphatic hydroxyl groups excluding tert-OH is 2. The minimum atomic E-state index is -4.13. The Morgan fingerprint density at radius 3 is 1.23 bits per heavy atom. The van der Waals surface area contributed by atoms with Crippen LogP contribution in [0.4, 0.5) is 0 Å². The number of hydrogen-bond acceptors (Lipinski definition) is 10. The van der Waals surface area contributed by atoms with Crippen LogP contribution < -0.4 is 21.3 Å². The highest BCUT2D eigenvalue weighted by Crippen LogP contribution is 2.70. The van der Waals surface area contributed by atoms with E-state index in [1.807, 2.05) is 0 Å². The lowest BCUT2D eigenvalue weighted by Gasteiger charge is -2.62. The number of aliphatic hydroxyl groups is 2. The fourth-order valence-electron chi connectivity index (χ4n) is 19.3. The Labute approximate surface area is 436 Å². The molecule has 8 fully saturated rings. The summed E-state index contributed by atoms with van der Waals surface area (Å²) in [5, 5.41) is 35.7. The number of carbonyl (C=O) groups excluding carboxylic acids is 4. The quantitative estimate of drug-likeness (QED) is 0.0544. The average Bonchev–Trinajstić information content (AvgIpc) is 3.84. The second kappa shape index (κ2) is 21.8. The van der Waals surface area contributed by atoms with Gasteiger partial charge in [0, 0.05) is 38.0 Å². The lowest BCUT2D eigenvalue weighted by molar-refractivity contribution is -0.167. The number of amides is 4. The number of carbonyl (C=O) groups is 4. The lowest BCUT2D eigenvalue weighted by Crippen LogP contribution is -2.60.